The van der Waals surface area contributed by atoms with Crippen LogP contribution in [0.4, 0.5) is 4.39 Å². The van der Waals surface area contributed by atoms with Crippen molar-refractivity contribution in [1.29, 1.82) is 0 Å². The summed E-state index contributed by atoms with van der Waals surface area (Å²) in [6.07, 6.45) is 1.67. The lowest BCUT2D eigenvalue weighted by Crippen LogP contribution is -2.47. The van der Waals surface area contributed by atoms with Crippen LogP contribution >= 0.6 is 0 Å². The van der Waals surface area contributed by atoms with Crippen molar-refractivity contribution in [3.8, 4) is 11.5 Å². The van der Waals surface area contributed by atoms with Gasteiger partial charge in [-0.25, -0.2) is 9.37 Å². The first-order valence-electron chi connectivity index (χ1n) is 7.08. The Kier molecular flexibility index (Phi) is 3.78. The highest BCUT2D eigenvalue weighted by Gasteiger charge is 2.27. The predicted molar refractivity (Wildman–Crippen MR) is 77.2 cm³/mol. The average molecular weight is 290 g/mol. The number of benzene rings is 1. The minimum Gasteiger partial charge on any atom is -0.444 e. The van der Waals surface area contributed by atoms with Crippen LogP contribution in [0, 0.1) is 5.82 Å². The third kappa shape index (κ3) is 3.49. The third-order valence-electron chi connectivity index (χ3n) is 3.53. The van der Waals surface area contributed by atoms with E-state index >= 15 is 0 Å². The molecule has 0 N–H and O–H groups in total. The molecule has 112 valence electrons. The van der Waals surface area contributed by atoms with Gasteiger partial charge in [0.05, 0.1) is 17.9 Å². The Labute approximate surface area is 123 Å². The second-order valence-corrected chi connectivity index (χ2v) is 5.97. The van der Waals surface area contributed by atoms with Crippen molar-refractivity contribution >= 4 is 0 Å². The van der Waals surface area contributed by atoms with Gasteiger partial charge in [0.25, 0.3) is 0 Å². The standard InChI is InChI=1S/C16H19FN2O2/c1-16(2)11-19(7-8-21-16)9-14-10-20-15(18-14)12-3-5-13(17)6-4-12/h3-6,10H,7-9,11H2,1-2H3. The lowest BCUT2D eigenvalue weighted by atomic mass is 10.1. The molecule has 1 aliphatic heterocycles. The summed E-state index contributed by atoms with van der Waals surface area (Å²) in [5.41, 5.74) is 1.54. The Morgan fingerprint density at radius 3 is 2.76 bits per heavy atom. The number of ether oxygens (including phenoxy) is 1. The third-order valence-corrected chi connectivity index (χ3v) is 3.53. The van der Waals surface area contributed by atoms with E-state index < -0.39 is 0 Å². The molecule has 0 atom stereocenters. The van der Waals surface area contributed by atoms with Gasteiger partial charge in [0.1, 0.15) is 12.1 Å². The molecule has 4 nitrogen and oxygen atoms in total. The number of morpholine rings is 1. The van der Waals surface area contributed by atoms with Crippen LogP contribution in [0.1, 0.15) is 19.5 Å². The largest absolute Gasteiger partial charge is 0.444 e. The molecule has 0 unspecified atom stereocenters. The van der Waals surface area contributed by atoms with Crippen molar-refractivity contribution in [2.75, 3.05) is 19.7 Å². The lowest BCUT2D eigenvalue weighted by molar-refractivity contribution is -0.0885. The molecule has 3 rings (SSSR count). The van der Waals surface area contributed by atoms with Crippen molar-refractivity contribution in [3.05, 3.63) is 42.0 Å². The molecule has 21 heavy (non-hydrogen) atoms. The van der Waals surface area contributed by atoms with Gasteiger partial charge in [-0.1, -0.05) is 0 Å². The zero-order chi connectivity index (χ0) is 14.9. The first-order valence-corrected chi connectivity index (χ1v) is 7.08. The highest BCUT2D eigenvalue weighted by molar-refractivity contribution is 5.52. The summed E-state index contributed by atoms with van der Waals surface area (Å²) in [7, 11) is 0. The first kappa shape index (κ1) is 14.2. The van der Waals surface area contributed by atoms with Crippen LogP contribution in [0.5, 0.6) is 0 Å². The summed E-state index contributed by atoms with van der Waals surface area (Å²) < 4.78 is 24.1. The van der Waals surface area contributed by atoms with Gasteiger partial charge in [0.2, 0.25) is 5.89 Å². The monoisotopic (exact) mass is 290 g/mol. The molecule has 2 heterocycles. The van der Waals surface area contributed by atoms with E-state index in [-0.39, 0.29) is 11.4 Å². The number of aromatic nitrogens is 1. The highest BCUT2D eigenvalue weighted by Crippen LogP contribution is 2.21. The molecule has 0 bridgehead atoms. The number of hydrogen-bond acceptors (Lipinski definition) is 4. The molecule has 0 saturated carbocycles. The molecule has 1 fully saturated rings. The van der Waals surface area contributed by atoms with Gasteiger partial charge in [-0.15, -0.1) is 0 Å². The minimum absolute atomic E-state index is 0.123. The van der Waals surface area contributed by atoms with Crippen LogP contribution in [0.25, 0.3) is 11.5 Å². The Balaban J connectivity index is 1.69. The van der Waals surface area contributed by atoms with Gasteiger partial charge in [-0.3, -0.25) is 4.90 Å². The molecule has 0 aliphatic carbocycles. The summed E-state index contributed by atoms with van der Waals surface area (Å²) >= 11 is 0. The fraction of sp³-hybridized carbons (Fsp3) is 0.438. The van der Waals surface area contributed by atoms with Gasteiger partial charge >= 0.3 is 0 Å². The molecule has 1 aromatic carbocycles. The van der Waals surface area contributed by atoms with Crippen molar-refractivity contribution in [2.45, 2.75) is 26.0 Å². The average Bonchev–Trinajstić information content (AvgIpc) is 2.87. The number of rotatable bonds is 3. The van der Waals surface area contributed by atoms with Gasteiger partial charge < -0.3 is 9.15 Å². The molecular formula is C16H19FN2O2. The number of hydrogen-bond donors (Lipinski definition) is 0. The van der Waals surface area contributed by atoms with Crippen molar-refractivity contribution < 1.29 is 13.5 Å². The van der Waals surface area contributed by atoms with Crippen LogP contribution in [0.15, 0.2) is 34.9 Å². The summed E-state index contributed by atoms with van der Waals surface area (Å²) in [4.78, 5) is 6.78. The van der Waals surface area contributed by atoms with Crippen LogP contribution in [0.3, 0.4) is 0 Å². The zero-order valence-corrected chi connectivity index (χ0v) is 12.3. The molecule has 0 amide bonds. The van der Waals surface area contributed by atoms with Crippen molar-refractivity contribution in [2.24, 2.45) is 0 Å². The van der Waals surface area contributed by atoms with Crippen molar-refractivity contribution in [1.82, 2.24) is 9.88 Å². The molecule has 5 heteroatoms. The zero-order valence-electron chi connectivity index (χ0n) is 12.3. The fourth-order valence-corrected chi connectivity index (χ4v) is 2.58. The van der Waals surface area contributed by atoms with E-state index in [1.54, 1.807) is 18.4 Å². The molecular weight excluding hydrogens is 271 g/mol. The van der Waals surface area contributed by atoms with E-state index in [0.29, 0.717) is 5.89 Å². The maximum Gasteiger partial charge on any atom is 0.226 e. The van der Waals surface area contributed by atoms with Crippen molar-refractivity contribution in [3.63, 3.8) is 0 Å². The summed E-state index contributed by atoms with van der Waals surface area (Å²) in [5, 5.41) is 0. The highest BCUT2D eigenvalue weighted by atomic mass is 19.1. The molecule has 1 aromatic heterocycles. The Morgan fingerprint density at radius 2 is 2.05 bits per heavy atom. The predicted octanol–water partition coefficient (Wildman–Crippen LogP) is 3.09. The lowest BCUT2D eigenvalue weighted by Gasteiger charge is -2.37. The van der Waals surface area contributed by atoms with E-state index in [4.69, 9.17) is 9.15 Å². The van der Waals surface area contributed by atoms with E-state index in [2.05, 4.69) is 23.7 Å². The minimum atomic E-state index is -0.263. The second-order valence-electron chi connectivity index (χ2n) is 5.97. The van der Waals surface area contributed by atoms with Crippen LogP contribution < -0.4 is 0 Å². The topological polar surface area (TPSA) is 38.5 Å². The maximum absolute atomic E-state index is 12.9. The molecule has 0 radical (unpaired) electrons. The Bertz CT molecular complexity index is 607. The SMILES string of the molecule is CC1(C)CN(Cc2coc(-c3ccc(F)cc3)n2)CCO1. The smallest absolute Gasteiger partial charge is 0.226 e. The Hall–Kier alpha value is -1.72. The molecule has 1 aliphatic rings. The summed E-state index contributed by atoms with van der Waals surface area (Å²) in [6.45, 7) is 7.40. The Morgan fingerprint density at radius 1 is 1.29 bits per heavy atom. The van der Waals surface area contributed by atoms with E-state index in [1.807, 2.05) is 0 Å². The molecule has 0 spiro atoms. The van der Waals surface area contributed by atoms with Gasteiger partial charge in [0, 0.05) is 25.2 Å². The maximum atomic E-state index is 12.9. The van der Waals surface area contributed by atoms with E-state index in [0.717, 1.165) is 37.5 Å². The fourth-order valence-electron chi connectivity index (χ4n) is 2.58. The van der Waals surface area contributed by atoms with Gasteiger partial charge in [0.15, 0.2) is 0 Å². The normalized spacial score (nSPS) is 18.8. The molecule has 1 saturated heterocycles. The second kappa shape index (κ2) is 5.58. The summed E-state index contributed by atoms with van der Waals surface area (Å²) in [6, 6.07) is 6.15. The first-order chi connectivity index (χ1) is 10.0. The number of halogens is 1. The summed E-state index contributed by atoms with van der Waals surface area (Å²) in [5.74, 6) is 0.263. The van der Waals surface area contributed by atoms with Crippen LogP contribution in [0.2, 0.25) is 0 Å². The van der Waals surface area contributed by atoms with Gasteiger partial charge in [-0.05, 0) is 38.1 Å². The molecule has 2 aromatic rings. The van der Waals surface area contributed by atoms with E-state index in [9.17, 15) is 4.39 Å². The van der Waals surface area contributed by atoms with Crippen LogP contribution in [-0.2, 0) is 11.3 Å². The van der Waals surface area contributed by atoms with Gasteiger partial charge in [-0.2, -0.15) is 0 Å². The quantitative estimate of drug-likeness (QED) is 0.870. The van der Waals surface area contributed by atoms with Crippen LogP contribution in [-0.4, -0.2) is 35.2 Å². The van der Waals surface area contributed by atoms with E-state index in [1.165, 1.54) is 12.1 Å². The number of nitrogens with zero attached hydrogens (tertiary/aromatic N) is 2. The number of oxazole rings is 1.